The van der Waals surface area contributed by atoms with Gasteiger partial charge in [0.1, 0.15) is 11.6 Å². The molecule has 0 unspecified atom stereocenters. The maximum absolute atomic E-state index is 4.66. The highest BCUT2D eigenvalue weighted by Crippen LogP contribution is 2.15. The molecule has 5 heteroatoms. The number of rotatable bonds is 5. The van der Waals surface area contributed by atoms with Gasteiger partial charge in [-0.15, -0.1) is 11.3 Å². The van der Waals surface area contributed by atoms with E-state index in [0.717, 1.165) is 28.8 Å². The van der Waals surface area contributed by atoms with Gasteiger partial charge in [0.2, 0.25) is 0 Å². The zero-order valence-electron chi connectivity index (χ0n) is 11.8. The molecule has 0 fully saturated rings. The maximum Gasteiger partial charge on any atom is 0.129 e. The molecule has 3 rings (SSSR count). The first-order chi connectivity index (χ1) is 10.3. The zero-order valence-corrected chi connectivity index (χ0v) is 12.6. The van der Waals surface area contributed by atoms with Crippen molar-refractivity contribution in [3.05, 3.63) is 70.1 Å². The van der Waals surface area contributed by atoms with E-state index in [4.69, 9.17) is 0 Å². The summed E-state index contributed by atoms with van der Waals surface area (Å²) >= 11 is 1.70. The van der Waals surface area contributed by atoms with E-state index >= 15 is 0 Å². The average molecular weight is 296 g/mol. The van der Waals surface area contributed by atoms with Gasteiger partial charge in [0.15, 0.2) is 0 Å². The molecule has 0 amide bonds. The lowest BCUT2D eigenvalue weighted by atomic mass is 10.2. The van der Waals surface area contributed by atoms with Crippen molar-refractivity contribution in [3.63, 3.8) is 0 Å². The lowest BCUT2D eigenvalue weighted by Crippen LogP contribution is -2.03. The minimum absolute atomic E-state index is 0.682. The summed E-state index contributed by atoms with van der Waals surface area (Å²) in [5.74, 6) is 1.60. The molecule has 21 heavy (non-hydrogen) atoms. The summed E-state index contributed by atoms with van der Waals surface area (Å²) in [6.07, 6.45) is 2.64. The number of thiazole rings is 1. The summed E-state index contributed by atoms with van der Waals surface area (Å²) in [6, 6.07) is 12.3. The van der Waals surface area contributed by atoms with Crippen molar-refractivity contribution in [2.75, 3.05) is 5.32 Å². The highest BCUT2D eigenvalue weighted by Gasteiger charge is 2.04. The largest absolute Gasteiger partial charge is 0.364 e. The van der Waals surface area contributed by atoms with Crippen LogP contribution in [0.4, 0.5) is 5.82 Å². The Morgan fingerprint density at radius 2 is 1.95 bits per heavy atom. The second-order valence-electron chi connectivity index (χ2n) is 4.74. The highest BCUT2D eigenvalue weighted by molar-refractivity contribution is 7.09. The molecule has 0 atom stereocenters. The van der Waals surface area contributed by atoms with Crippen LogP contribution in [0.25, 0.3) is 0 Å². The van der Waals surface area contributed by atoms with E-state index in [1.807, 2.05) is 19.1 Å². The first kappa shape index (κ1) is 13.7. The molecule has 106 valence electrons. The minimum atomic E-state index is 0.682. The van der Waals surface area contributed by atoms with Crippen LogP contribution >= 0.6 is 11.3 Å². The van der Waals surface area contributed by atoms with Crippen LogP contribution in [-0.4, -0.2) is 15.0 Å². The van der Waals surface area contributed by atoms with Crippen molar-refractivity contribution in [2.24, 2.45) is 0 Å². The number of aromatic nitrogens is 3. The molecular formula is C16H16N4S. The molecule has 0 bridgehead atoms. The van der Waals surface area contributed by atoms with Crippen LogP contribution < -0.4 is 5.32 Å². The average Bonchev–Trinajstić information content (AvgIpc) is 2.94. The standard InChI is InChI=1S/C16H16N4S/c1-12-17-8-7-15(19-12)18-10-14-11-21-16(20-14)9-13-5-3-2-4-6-13/h2-8,11H,9-10H2,1H3,(H,17,18,19). The summed E-state index contributed by atoms with van der Waals surface area (Å²) in [5, 5.41) is 6.50. The monoisotopic (exact) mass is 296 g/mol. The van der Waals surface area contributed by atoms with E-state index in [2.05, 4.69) is 49.9 Å². The molecule has 1 N–H and O–H groups in total. The summed E-state index contributed by atoms with van der Waals surface area (Å²) in [4.78, 5) is 13.1. The van der Waals surface area contributed by atoms with Crippen LogP contribution in [0, 0.1) is 6.92 Å². The number of nitrogens with one attached hydrogen (secondary N) is 1. The number of aryl methyl sites for hydroxylation is 1. The molecule has 0 saturated carbocycles. The Hall–Kier alpha value is -2.27. The smallest absolute Gasteiger partial charge is 0.129 e. The summed E-state index contributed by atoms with van der Waals surface area (Å²) in [6.45, 7) is 2.56. The third-order valence-corrected chi connectivity index (χ3v) is 3.92. The molecule has 0 aliphatic heterocycles. The van der Waals surface area contributed by atoms with Gasteiger partial charge in [0, 0.05) is 18.0 Å². The van der Waals surface area contributed by atoms with Gasteiger partial charge in [-0.3, -0.25) is 0 Å². The number of benzene rings is 1. The van der Waals surface area contributed by atoms with Crippen molar-refractivity contribution in [1.29, 1.82) is 0 Å². The Balaban J connectivity index is 1.60. The van der Waals surface area contributed by atoms with Gasteiger partial charge >= 0.3 is 0 Å². The summed E-state index contributed by atoms with van der Waals surface area (Å²) in [7, 11) is 0. The van der Waals surface area contributed by atoms with Gasteiger partial charge in [-0.1, -0.05) is 30.3 Å². The van der Waals surface area contributed by atoms with Crippen LogP contribution in [0.3, 0.4) is 0 Å². The predicted octanol–water partition coefficient (Wildman–Crippen LogP) is 3.44. The third kappa shape index (κ3) is 3.86. The maximum atomic E-state index is 4.66. The van der Waals surface area contributed by atoms with Gasteiger partial charge < -0.3 is 5.32 Å². The first-order valence-corrected chi connectivity index (χ1v) is 7.68. The Morgan fingerprint density at radius 3 is 2.76 bits per heavy atom. The zero-order chi connectivity index (χ0) is 14.5. The molecule has 0 radical (unpaired) electrons. The number of nitrogens with zero attached hydrogens (tertiary/aromatic N) is 3. The molecule has 4 nitrogen and oxygen atoms in total. The Bertz CT molecular complexity index is 709. The lowest BCUT2D eigenvalue weighted by Gasteiger charge is -2.03. The minimum Gasteiger partial charge on any atom is -0.364 e. The molecule has 3 aromatic rings. The van der Waals surface area contributed by atoms with Crippen molar-refractivity contribution < 1.29 is 0 Å². The molecule has 0 aliphatic rings. The Labute approximate surface area is 127 Å². The van der Waals surface area contributed by atoms with E-state index in [9.17, 15) is 0 Å². The second-order valence-corrected chi connectivity index (χ2v) is 5.68. The fourth-order valence-electron chi connectivity index (χ4n) is 2.02. The fourth-order valence-corrected chi connectivity index (χ4v) is 2.85. The van der Waals surface area contributed by atoms with Crippen LogP contribution in [0.1, 0.15) is 22.1 Å². The normalized spacial score (nSPS) is 10.5. The lowest BCUT2D eigenvalue weighted by molar-refractivity contribution is 0.989. The molecule has 0 spiro atoms. The number of anilines is 1. The van der Waals surface area contributed by atoms with Gasteiger partial charge in [-0.25, -0.2) is 15.0 Å². The molecular weight excluding hydrogens is 280 g/mol. The van der Waals surface area contributed by atoms with Crippen molar-refractivity contribution in [3.8, 4) is 0 Å². The van der Waals surface area contributed by atoms with Crippen LogP contribution in [0.2, 0.25) is 0 Å². The molecule has 2 heterocycles. The Morgan fingerprint density at radius 1 is 1.10 bits per heavy atom. The summed E-state index contributed by atoms with van der Waals surface area (Å²) < 4.78 is 0. The van der Waals surface area contributed by atoms with Gasteiger partial charge in [-0.05, 0) is 18.6 Å². The van der Waals surface area contributed by atoms with Gasteiger partial charge in [0.05, 0.1) is 17.2 Å². The quantitative estimate of drug-likeness (QED) is 0.783. The van der Waals surface area contributed by atoms with E-state index in [-0.39, 0.29) is 0 Å². The molecule has 0 saturated heterocycles. The molecule has 2 aromatic heterocycles. The second kappa shape index (κ2) is 6.45. The topological polar surface area (TPSA) is 50.7 Å². The first-order valence-electron chi connectivity index (χ1n) is 6.80. The summed E-state index contributed by atoms with van der Waals surface area (Å²) in [5.41, 5.74) is 2.33. The van der Waals surface area contributed by atoms with E-state index < -0.39 is 0 Å². The molecule has 1 aromatic carbocycles. The van der Waals surface area contributed by atoms with E-state index in [1.165, 1.54) is 5.56 Å². The van der Waals surface area contributed by atoms with E-state index in [0.29, 0.717) is 6.54 Å². The van der Waals surface area contributed by atoms with Crippen molar-refractivity contribution in [1.82, 2.24) is 15.0 Å². The van der Waals surface area contributed by atoms with Crippen molar-refractivity contribution in [2.45, 2.75) is 19.9 Å². The van der Waals surface area contributed by atoms with Crippen molar-refractivity contribution >= 4 is 17.2 Å². The Kier molecular flexibility index (Phi) is 4.21. The number of hydrogen-bond donors (Lipinski definition) is 1. The SMILES string of the molecule is Cc1nccc(NCc2csc(Cc3ccccc3)n2)n1. The van der Waals surface area contributed by atoms with Gasteiger partial charge in [-0.2, -0.15) is 0 Å². The third-order valence-electron chi connectivity index (χ3n) is 3.02. The molecule has 0 aliphatic carbocycles. The van der Waals surface area contributed by atoms with Gasteiger partial charge in [0.25, 0.3) is 0 Å². The van der Waals surface area contributed by atoms with E-state index in [1.54, 1.807) is 17.5 Å². The number of hydrogen-bond acceptors (Lipinski definition) is 5. The van der Waals surface area contributed by atoms with Crippen LogP contribution in [-0.2, 0) is 13.0 Å². The predicted molar refractivity (Wildman–Crippen MR) is 85.5 cm³/mol. The highest BCUT2D eigenvalue weighted by atomic mass is 32.1. The fraction of sp³-hybridized carbons (Fsp3) is 0.188. The van der Waals surface area contributed by atoms with Crippen LogP contribution in [0.15, 0.2) is 48.0 Å². The van der Waals surface area contributed by atoms with Crippen LogP contribution in [0.5, 0.6) is 0 Å².